The minimum absolute atomic E-state index is 0.0960. The van der Waals surface area contributed by atoms with Gasteiger partial charge >= 0.3 is 0 Å². The van der Waals surface area contributed by atoms with E-state index in [1.54, 1.807) is 24.3 Å². The second kappa shape index (κ2) is 5.26. The summed E-state index contributed by atoms with van der Waals surface area (Å²) in [4.78, 5) is 3.74. The van der Waals surface area contributed by atoms with Gasteiger partial charge in [0.1, 0.15) is 10.6 Å². The maximum absolute atomic E-state index is 11.0. The van der Waals surface area contributed by atoms with Crippen LogP contribution in [0.1, 0.15) is 5.56 Å². The summed E-state index contributed by atoms with van der Waals surface area (Å²) < 4.78 is 27.4. The molecule has 2 rings (SSSR count). The van der Waals surface area contributed by atoms with Gasteiger partial charge in [-0.1, -0.05) is 0 Å². The largest absolute Gasteiger partial charge is 0.439 e. The minimum Gasteiger partial charge on any atom is -0.439 e. The fourth-order valence-electron chi connectivity index (χ4n) is 1.29. The van der Waals surface area contributed by atoms with E-state index in [1.807, 2.05) is 6.07 Å². The third-order valence-corrected chi connectivity index (χ3v) is 3.54. The molecule has 0 amide bonds. The van der Waals surface area contributed by atoms with Crippen molar-refractivity contribution in [1.29, 1.82) is 5.26 Å². The van der Waals surface area contributed by atoms with Gasteiger partial charge in [0, 0.05) is 16.7 Å². The van der Waals surface area contributed by atoms with Crippen LogP contribution in [0, 0.1) is 11.3 Å². The molecule has 0 unspecified atom stereocenters. The van der Waals surface area contributed by atoms with Gasteiger partial charge in [0.15, 0.2) is 0 Å². The molecule has 0 aliphatic carbocycles. The minimum atomic E-state index is -3.78. The Bertz CT molecular complexity index is 719. The molecule has 1 aromatic heterocycles. The van der Waals surface area contributed by atoms with Crippen LogP contribution in [0.2, 0.25) is 0 Å². The Kier molecular flexibility index (Phi) is 3.69. The van der Waals surface area contributed by atoms with Crippen molar-refractivity contribution in [2.45, 2.75) is 4.90 Å². The van der Waals surface area contributed by atoms with Crippen molar-refractivity contribution in [3.05, 3.63) is 48.2 Å². The average molecular weight is 295 g/mol. The van der Waals surface area contributed by atoms with E-state index in [4.69, 9.17) is 20.7 Å². The van der Waals surface area contributed by atoms with Crippen molar-refractivity contribution in [3.8, 4) is 17.7 Å². The van der Waals surface area contributed by atoms with Crippen LogP contribution >= 0.6 is 10.7 Å². The summed E-state index contributed by atoms with van der Waals surface area (Å²) >= 11 is 0. The van der Waals surface area contributed by atoms with Crippen LogP contribution in [0.15, 0.2) is 47.5 Å². The fraction of sp³-hybridized carbons (Fsp3) is 0. The molecule has 0 saturated heterocycles. The summed E-state index contributed by atoms with van der Waals surface area (Å²) in [6.07, 6.45) is 1.11. The van der Waals surface area contributed by atoms with Gasteiger partial charge in [-0.25, -0.2) is 13.4 Å². The molecule has 0 atom stereocenters. The molecule has 96 valence electrons. The Morgan fingerprint density at radius 3 is 2.32 bits per heavy atom. The van der Waals surface area contributed by atoms with Crippen molar-refractivity contribution < 1.29 is 13.2 Å². The summed E-state index contributed by atoms with van der Waals surface area (Å²) in [6.45, 7) is 0. The van der Waals surface area contributed by atoms with Gasteiger partial charge in [-0.05, 0) is 30.3 Å². The zero-order valence-electron chi connectivity index (χ0n) is 9.45. The van der Waals surface area contributed by atoms with Crippen molar-refractivity contribution in [2.24, 2.45) is 0 Å². The maximum Gasteiger partial charge on any atom is 0.262 e. The number of nitrogens with zero attached hydrogens (tertiary/aromatic N) is 2. The number of ether oxygens (including phenoxy) is 1. The SMILES string of the molecule is N#Cc1ccc(Oc2ccc(S(=O)(=O)Cl)cn2)cc1. The van der Waals surface area contributed by atoms with Crippen LogP contribution in [-0.2, 0) is 9.05 Å². The Hall–Kier alpha value is -2.10. The van der Waals surface area contributed by atoms with Gasteiger partial charge < -0.3 is 4.74 Å². The average Bonchev–Trinajstić information content (AvgIpc) is 2.39. The topological polar surface area (TPSA) is 80.0 Å². The summed E-state index contributed by atoms with van der Waals surface area (Å²) in [5.74, 6) is 0.724. The highest BCUT2D eigenvalue weighted by molar-refractivity contribution is 8.13. The molecule has 0 bridgehead atoms. The first-order chi connectivity index (χ1) is 8.99. The second-order valence-electron chi connectivity index (χ2n) is 3.51. The lowest BCUT2D eigenvalue weighted by atomic mass is 10.2. The number of rotatable bonds is 3. The van der Waals surface area contributed by atoms with E-state index in [1.165, 1.54) is 12.1 Å². The number of aromatic nitrogens is 1. The molecule has 0 aliphatic rings. The number of benzene rings is 1. The highest BCUT2D eigenvalue weighted by Gasteiger charge is 2.10. The van der Waals surface area contributed by atoms with Crippen LogP contribution in [0.25, 0.3) is 0 Å². The molecule has 0 saturated carbocycles. The molecule has 5 nitrogen and oxygen atoms in total. The summed E-state index contributed by atoms with van der Waals surface area (Å²) in [5.41, 5.74) is 0.517. The van der Waals surface area contributed by atoms with E-state index in [9.17, 15) is 8.42 Å². The zero-order chi connectivity index (χ0) is 13.9. The quantitative estimate of drug-likeness (QED) is 0.813. The molecule has 0 radical (unpaired) electrons. The molecule has 0 fully saturated rings. The van der Waals surface area contributed by atoms with Gasteiger partial charge in [-0.3, -0.25) is 0 Å². The smallest absolute Gasteiger partial charge is 0.262 e. The zero-order valence-corrected chi connectivity index (χ0v) is 11.0. The molecule has 19 heavy (non-hydrogen) atoms. The summed E-state index contributed by atoms with van der Waals surface area (Å²) in [6, 6.07) is 11.1. The first kappa shape index (κ1) is 13.3. The molecule has 1 heterocycles. The van der Waals surface area contributed by atoms with Crippen LogP contribution in [0.4, 0.5) is 0 Å². The summed E-state index contributed by atoms with van der Waals surface area (Å²) in [7, 11) is 1.38. The summed E-state index contributed by atoms with van der Waals surface area (Å²) in [5, 5.41) is 8.65. The number of hydrogen-bond donors (Lipinski definition) is 0. The van der Waals surface area contributed by atoms with E-state index < -0.39 is 9.05 Å². The van der Waals surface area contributed by atoms with E-state index >= 15 is 0 Å². The van der Waals surface area contributed by atoms with Crippen molar-refractivity contribution in [2.75, 3.05) is 0 Å². The Balaban J connectivity index is 2.17. The monoisotopic (exact) mass is 294 g/mol. The molecule has 7 heteroatoms. The van der Waals surface area contributed by atoms with Gasteiger partial charge in [0.2, 0.25) is 5.88 Å². The Labute approximate surface area is 114 Å². The van der Waals surface area contributed by atoms with E-state index in [0.29, 0.717) is 11.3 Å². The van der Waals surface area contributed by atoms with Gasteiger partial charge in [0.05, 0.1) is 17.8 Å². The number of halogens is 1. The van der Waals surface area contributed by atoms with Crippen molar-refractivity contribution >= 4 is 19.7 Å². The number of nitriles is 1. The third kappa shape index (κ3) is 3.44. The Morgan fingerprint density at radius 2 is 1.84 bits per heavy atom. The lowest BCUT2D eigenvalue weighted by molar-refractivity contribution is 0.462. The highest BCUT2D eigenvalue weighted by Crippen LogP contribution is 2.21. The van der Waals surface area contributed by atoms with Gasteiger partial charge in [0.25, 0.3) is 9.05 Å². The van der Waals surface area contributed by atoms with Crippen molar-refractivity contribution in [3.63, 3.8) is 0 Å². The van der Waals surface area contributed by atoms with Gasteiger partial charge in [-0.15, -0.1) is 0 Å². The molecule has 0 aliphatic heterocycles. The van der Waals surface area contributed by atoms with E-state index in [2.05, 4.69) is 4.98 Å². The van der Waals surface area contributed by atoms with Crippen LogP contribution in [-0.4, -0.2) is 13.4 Å². The van der Waals surface area contributed by atoms with E-state index in [-0.39, 0.29) is 10.8 Å². The Morgan fingerprint density at radius 1 is 1.16 bits per heavy atom. The first-order valence-electron chi connectivity index (χ1n) is 5.08. The standard InChI is InChI=1S/C12H7ClN2O3S/c13-19(16,17)11-5-6-12(15-8-11)18-10-3-1-9(7-14)2-4-10/h1-6,8H. The highest BCUT2D eigenvalue weighted by atomic mass is 35.7. The van der Waals surface area contributed by atoms with Gasteiger partial charge in [-0.2, -0.15) is 5.26 Å². The lowest BCUT2D eigenvalue weighted by Gasteiger charge is -2.04. The molecule has 0 spiro atoms. The normalized spacial score (nSPS) is 10.7. The van der Waals surface area contributed by atoms with Crippen LogP contribution < -0.4 is 4.74 Å². The first-order valence-corrected chi connectivity index (χ1v) is 7.39. The molecular formula is C12H7ClN2O3S. The van der Waals surface area contributed by atoms with Crippen LogP contribution in [0.5, 0.6) is 11.6 Å². The van der Waals surface area contributed by atoms with Crippen molar-refractivity contribution in [1.82, 2.24) is 4.98 Å². The van der Waals surface area contributed by atoms with E-state index in [0.717, 1.165) is 6.20 Å². The molecule has 0 N–H and O–H groups in total. The van der Waals surface area contributed by atoms with Crippen LogP contribution in [0.3, 0.4) is 0 Å². The predicted molar refractivity (Wildman–Crippen MR) is 68.5 cm³/mol. The number of hydrogen-bond acceptors (Lipinski definition) is 5. The molecule has 2 aromatic rings. The molecule has 1 aromatic carbocycles. The third-order valence-electron chi connectivity index (χ3n) is 2.20. The molecular weight excluding hydrogens is 288 g/mol. The second-order valence-corrected chi connectivity index (χ2v) is 6.07. The fourth-order valence-corrected chi connectivity index (χ4v) is 1.97. The number of pyridine rings is 1. The lowest BCUT2D eigenvalue weighted by Crippen LogP contribution is -1.93. The maximum atomic E-state index is 11.0. The predicted octanol–water partition coefficient (Wildman–Crippen LogP) is 2.67.